The van der Waals surface area contributed by atoms with Crippen molar-refractivity contribution in [1.82, 2.24) is 9.80 Å². The van der Waals surface area contributed by atoms with Gasteiger partial charge < -0.3 is 19.3 Å². The Morgan fingerprint density at radius 1 is 1.13 bits per heavy atom. The van der Waals surface area contributed by atoms with Gasteiger partial charge in [-0.25, -0.2) is 0 Å². The van der Waals surface area contributed by atoms with Crippen LogP contribution in [-0.2, 0) is 6.42 Å². The summed E-state index contributed by atoms with van der Waals surface area (Å²) >= 11 is 0. The minimum atomic E-state index is -0.732. The fourth-order valence-corrected chi connectivity index (χ4v) is 5.12. The van der Waals surface area contributed by atoms with Gasteiger partial charge in [-0.05, 0) is 69.0 Å². The minimum Gasteiger partial charge on any atom is -0.465 e. The molecule has 1 aromatic carbocycles. The van der Waals surface area contributed by atoms with Gasteiger partial charge in [-0.2, -0.15) is 0 Å². The first-order chi connectivity index (χ1) is 14.5. The Kier molecular flexibility index (Phi) is 6.77. The molecule has 162 valence electrons. The predicted molar refractivity (Wildman–Crippen MR) is 122 cm³/mol. The number of hydrogen-bond donors (Lipinski definition) is 1. The van der Waals surface area contributed by atoms with Gasteiger partial charge in [0, 0.05) is 45.1 Å². The summed E-state index contributed by atoms with van der Waals surface area (Å²) in [6.07, 6.45) is 8.55. The van der Waals surface area contributed by atoms with Crippen LogP contribution in [-0.4, -0.2) is 60.3 Å². The first kappa shape index (κ1) is 21.4. The topological polar surface area (TPSA) is 39.9 Å². The summed E-state index contributed by atoms with van der Waals surface area (Å²) < 4.78 is 5.57. The summed E-state index contributed by atoms with van der Waals surface area (Å²) in [5, 5.41) is 12.2. The maximum Gasteiger partial charge on any atom is 0.126 e. The number of aryl methyl sites for hydroxylation is 1. The Hall–Kier alpha value is -1.88. The molecule has 0 bridgehead atoms. The average Bonchev–Trinajstić information content (AvgIpc) is 3.18. The van der Waals surface area contributed by atoms with Crippen molar-refractivity contribution in [2.75, 3.05) is 39.8 Å². The molecule has 2 aromatic rings. The fourth-order valence-electron chi connectivity index (χ4n) is 5.12. The molecule has 1 aromatic heterocycles. The molecule has 0 spiro atoms. The summed E-state index contributed by atoms with van der Waals surface area (Å²) in [4.78, 5) is 4.96. The lowest BCUT2D eigenvalue weighted by atomic mass is 9.76. The van der Waals surface area contributed by atoms with E-state index in [0.29, 0.717) is 6.42 Å². The second-order valence-electron chi connectivity index (χ2n) is 9.39. The highest BCUT2D eigenvalue weighted by atomic mass is 16.3. The maximum atomic E-state index is 12.2. The van der Waals surface area contributed by atoms with Crippen molar-refractivity contribution in [2.24, 2.45) is 5.92 Å². The van der Waals surface area contributed by atoms with E-state index in [2.05, 4.69) is 54.1 Å². The van der Waals surface area contributed by atoms with E-state index in [4.69, 9.17) is 4.42 Å². The zero-order valence-electron chi connectivity index (χ0n) is 18.5. The maximum absolute atomic E-state index is 12.2. The Morgan fingerprint density at radius 3 is 2.67 bits per heavy atom. The number of benzene rings is 1. The van der Waals surface area contributed by atoms with Crippen LogP contribution in [0.5, 0.6) is 0 Å². The van der Waals surface area contributed by atoms with Gasteiger partial charge in [-0.15, -0.1) is 0 Å². The SMILES string of the molecule is Cc1ccccc1CC1(O)CC(=Cc2ccco2)CCCC1CN1CCN(C)CC1. The summed E-state index contributed by atoms with van der Waals surface area (Å²) in [6, 6.07) is 12.4. The summed E-state index contributed by atoms with van der Waals surface area (Å²) in [5.74, 6) is 1.17. The number of likely N-dealkylation sites (N-methyl/N-ethyl adjacent to an activating group) is 1. The first-order valence-corrected chi connectivity index (χ1v) is 11.4. The van der Waals surface area contributed by atoms with Crippen LogP contribution in [0, 0.1) is 12.8 Å². The molecule has 2 fully saturated rings. The van der Waals surface area contributed by atoms with Crippen LogP contribution in [0.15, 0.2) is 52.7 Å². The van der Waals surface area contributed by atoms with Crippen LogP contribution in [0.1, 0.15) is 42.6 Å². The molecule has 2 atom stereocenters. The van der Waals surface area contributed by atoms with Gasteiger partial charge in [0.05, 0.1) is 11.9 Å². The third-order valence-corrected chi connectivity index (χ3v) is 7.07. The van der Waals surface area contributed by atoms with Crippen molar-refractivity contribution in [1.29, 1.82) is 0 Å². The lowest BCUT2D eigenvalue weighted by Gasteiger charge is -2.41. The molecule has 0 amide bonds. The van der Waals surface area contributed by atoms with Crippen molar-refractivity contribution in [2.45, 2.75) is 44.6 Å². The molecule has 1 saturated carbocycles. The van der Waals surface area contributed by atoms with Crippen LogP contribution in [0.2, 0.25) is 0 Å². The Bertz CT molecular complexity index is 836. The van der Waals surface area contributed by atoms with Crippen LogP contribution in [0.4, 0.5) is 0 Å². The van der Waals surface area contributed by atoms with Crippen LogP contribution < -0.4 is 0 Å². The molecular weight excluding hydrogens is 372 g/mol. The second-order valence-corrected chi connectivity index (χ2v) is 9.39. The average molecular weight is 409 g/mol. The second kappa shape index (κ2) is 9.51. The summed E-state index contributed by atoms with van der Waals surface area (Å²) in [7, 11) is 2.20. The van der Waals surface area contributed by atoms with E-state index >= 15 is 0 Å². The smallest absolute Gasteiger partial charge is 0.126 e. The van der Waals surface area contributed by atoms with Gasteiger partial charge in [-0.3, -0.25) is 0 Å². The number of piperazine rings is 1. The number of furan rings is 1. The van der Waals surface area contributed by atoms with Gasteiger partial charge in [0.15, 0.2) is 0 Å². The third kappa shape index (κ3) is 5.23. The summed E-state index contributed by atoms with van der Waals surface area (Å²) in [6.45, 7) is 7.58. The number of nitrogens with zero attached hydrogens (tertiary/aromatic N) is 2. The molecule has 4 nitrogen and oxygen atoms in total. The first-order valence-electron chi connectivity index (χ1n) is 11.4. The predicted octanol–water partition coefficient (Wildman–Crippen LogP) is 4.38. The zero-order valence-corrected chi connectivity index (χ0v) is 18.5. The molecule has 2 heterocycles. The number of aliphatic hydroxyl groups is 1. The van der Waals surface area contributed by atoms with Gasteiger partial charge in [0.25, 0.3) is 0 Å². The molecule has 2 unspecified atom stereocenters. The molecule has 4 heteroatoms. The van der Waals surface area contributed by atoms with E-state index in [1.165, 1.54) is 16.7 Å². The standard InChI is InChI=1S/C26H36N2O2/c1-21-7-3-4-9-23(21)19-26(29)18-22(17-25-11-6-16-30-25)8-5-10-24(26)20-28-14-12-27(2)13-15-28/h3-4,6-7,9,11,16-17,24,29H,5,8,10,12-15,18-20H2,1-2H3. The van der Waals surface area contributed by atoms with E-state index in [0.717, 1.165) is 64.2 Å². The molecular formula is C26H36N2O2. The third-order valence-electron chi connectivity index (χ3n) is 7.07. The van der Waals surface area contributed by atoms with E-state index in [-0.39, 0.29) is 5.92 Å². The monoisotopic (exact) mass is 408 g/mol. The van der Waals surface area contributed by atoms with E-state index < -0.39 is 5.60 Å². The van der Waals surface area contributed by atoms with Crippen molar-refractivity contribution < 1.29 is 9.52 Å². The van der Waals surface area contributed by atoms with E-state index in [9.17, 15) is 5.11 Å². The Balaban J connectivity index is 1.59. The molecule has 2 aliphatic rings. The van der Waals surface area contributed by atoms with Crippen molar-refractivity contribution in [3.05, 3.63) is 65.1 Å². The lowest BCUT2D eigenvalue weighted by Crippen LogP contribution is -2.51. The van der Waals surface area contributed by atoms with Crippen LogP contribution >= 0.6 is 0 Å². The number of rotatable bonds is 5. The molecule has 1 aliphatic carbocycles. The largest absolute Gasteiger partial charge is 0.465 e. The fraction of sp³-hybridized carbons (Fsp3) is 0.538. The van der Waals surface area contributed by atoms with Gasteiger partial charge >= 0.3 is 0 Å². The molecule has 30 heavy (non-hydrogen) atoms. The summed E-state index contributed by atoms with van der Waals surface area (Å²) in [5.41, 5.74) is 3.11. The van der Waals surface area contributed by atoms with E-state index in [1.54, 1.807) is 6.26 Å². The van der Waals surface area contributed by atoms with Crippen molar-refractivity contribution in [3.8, 4) is 0 Å². The highest BCUT2D eigenvalue weighted by molar-refractivity contribution is 5.48. The quantitative estimate of drug-likeness (QED) is 0.745. The zero-order chi connectivity index (χ0) is 21.0. The molecule has 1 saturated heterocycles. The highest BCUT2D eigenvalue weighted by Gasteiger charge is 2.40. The molecule has 1 N–H and O–H groups in total. The molecule has 1 aliphatic heterocycles. The van der Waals surface area contributed by atoms with Gasteiger partial charge in [0.2, 0.25) is 0 Å². The number of hydrogen-bond acceptors (Lipinski definition) is 4. The lowest BCUT2D eigenvalue weighted by molar-refractivity contribution is -0.0348. The van der Waals surface area contributed by atoms with Crippen LogP contribution in [0.25, 0.3) is 6.08 Å². The normalized spacial score (nSPS) is 28.0. The minimum absolute atomic E-state index is 0.281. The Labute approximate surface area is 181 Å². The molecule has 4 rings (SSSR count). The van der Waals surface area contributed by atoms with Gasteiger partial charge in [0.1, 0.15) is 5.76 Å². The molecule has 0 radical (unpaired) electrons. The van der Waals surface area contributed by atoms with Crippen molar-refractivity contribution >= 4 is 6.08 Å². The van der Waals surface area contributed by atoms with E-state index in [1.807, 2.05) is 12.1 Å². The van der Waals surface area contributed by atoms with Gasteiger partial charge in [-0.1, -0.05) is 29.8 Å². The van der Waals surface area contributed by atoms with Crippen LogP contribution in [0.3, 0.4) is 0 Å². The highest BCUT2D eigenvalue weighted by Crippen LogP contribution is 2.39. The Morgan fingerprint density at radius 2 is 1.93 bits per heavy atom. The van der Waals surface area contributed by atoms with Crippen molar-refractivity contribution in [3.63, 3.8) is 0 Å².